The fraction of sp³-hybridized carbons (Fsp3) is 0.789. The number of likely N-dealkylation sites (tertiary alicyclic amines) is 2. The molecule has 1 atom stereocenters. The smallest absolute Gasteiger partial charge is 0.0589 e. The number of ether oxygens (including phenoxy) is 2. The van der Waals surface area contributed by atoms with Crippen LogP contribution in [-0.4, -0.2) is 70.0 Å². The number of hydrogen-bond donors (Lipinski definition) is 0. The number of thiophene rings is 1. The Bertz CT molecular complexity index is 511. The van der Waals surface area contributed by atoms with Gasteiger partial charge in [0.2, 0.25) is 0 Å². The van der Waals surface area contributed by atoms with E-state index in [-0.39, 0.29) is 0 Å². The Morgan fingerprint density at radius 2 is 1.96 bits per heavy atom. The molecule has 0 radical (unpaired) electrons. The second-order valence-corrected chi connectivity index (χ2v) is 8.90. The Labute approximate surface area is 150 Å². The zero-order chi connectivity index (χ0) is 17.0. The largest absolute Gasteiger partial charge is 0.384 e. The molecule has 0 aliphatic carbocycles. The molecule has 3 rings (SSSR count). The summed E-state index contributed by atoms with van der Waals surface area (Å²) >= 11 is 1.94. The van der Waals surface area contributed by atoms with E-state index in [4.69, 9.17) is 9.47 Å². The van der Waals surface area contributed by atoms with Crippen molar-refractivity contribution in [3.8, 4) is 0 Å². The zero-order valence-electron chi connectivity index (χ0n) is 15.4. The highest BCUT2D eigenvalue weighted by molar-refractivity contribution is 7.11. The lowest BCUT2D eigenvalue weighted by Crippen LogP contribution is -2.44. The molecule has 0 amide bonds. The molecule has 0 aromatic carbocycles. The average Bonchev–Trinajstić information content (AvgIpc) is 3.13. The molecule has 0 unspecified atom stereocenters. The van der Waals surface area contributed by atoms with Crippen molar-refractivity contribution < 1.29 is 9.47 Å². The quantitative estimate of drug-likeness (QED) is 0.753. The summed E-state index contributed by atoms with van der Waals surface area (Å²) in [5.74, 6) is 0.672. The van der Waals surface area contributed by atoms with Crippen molar-refractivity contribution in [1.29, 1.82) is 0 Å². The minimum atomic E-state index is 0.450. The summed E-state index contributed by atoms with van der Waals surface area (Å²) in [6.45, 7) is 10.9. The Morgan fingerprint density at radius 1 is 1.17 bits per heavy atom. The predicted molar refractivity (Wildman–Crippen MR) is 99.7 cm³/mol. The molecule has 0 N–H and O–H groups in total. The van der Waals surface area contributed by atoms with E-state index >= 15 is 0 Å². The summed E-state index contributed by atoms with van der Waals surface area (Å²) in [6, 6.07) is 4.53. The molecule has 1 aromatic heterocycles. The summed E-state index contributed by atoms with van der Waals surface area (Å²) in [7, 11) is 3.64. The van der Waals surface area contributed by atoms with E-state index in [2.05, 4.69) is 28.9 Å². The van der Waals surface area contributed by atoms with E-state index < -0.39 is 0 Å². The molecule has 0 saturated carbocycles. The van der Waals surface area contributed by atoms with E-state index in [1.54, 1.807) is 7.11 Å². The highest BCUT2D eigenvalue weighted by atomic mass is 32.1. The van der Waals surface area contributed by atoms with Crippen LogP contribution < -0.4 is 0 Å². The molecule has 1 spiro atoms. The molecule has 2 aliphatic rings. The molecule has 24 heavy (non-hydrogen) atoms. The van der Waals surface area contributed by atoms with Crippen LogP contribution in [0.4, 0.5) is 0 Å². The summed E-state index contributed by atoms with van der Waals surface area (Å²) in [5, 5.41) is 0. The molecular formula is C19H32N2O2S. The van der Waals surface area contributed by atoms with Crippen molar-refractivity contribution in [3.05, 3.63) is 21.9 Å². The van der Waals surface area contributed by atoms with Crippen LogP contribution in [0.1, 0.15) is 22.6 Å². The van der Waals surface area contributed by atoms with E-state index in [0.717, 1.165) is 26.3 Å². The number of rotatable bonds is 7. The van der Waals surface area contributed by atoms with Crippen molar-refractivity contribution in [2.45, 2.75) is 26.3 Å². The van der Waals surface area contributed by atoms with Gasteiger partial charge in [-0.25, -0.2) is 0 Å². The molecule has 1 aromatic rings. The number of nitrogens with zero attached hydrogens (tertiary/aromatic N) is 2. The lowest BCUT2D eigenvalue weighted by Gasteiger charge is -2.42. The van der Waals surface area contributed by atoms with Gasteiger partial charge >= 0.3 is 0 Å². The molecule has 136 valence electrons. The highest BCUT2D eigenvalue weighted by Crippen LogP contribution is 2.45. The van der Waals surface area contributed by atoms with Crippen LogP contribution >= 0.6 is 11.3 Å². The van der Waals surface area contributed by atoms with Gasteiger partial charge in [-0.1, -0.05) is 0 Å². The Kier molecular flexibility index (Phi) is 6.33. The molecule has 2 fully saturated rings. The van der Waals surface area contributed by atoms with Gasteiger partial charge in [-0.05, 0) is 50.4 Å². The molecule has 4 nitrogen and oxygen atoms in total. The Balaban J connectivity index is 1.57. The maximum Gasteiger partial charge on any atom is 0.0589 e. The zero-order valence-corrected chi connectivity index (χ0v) is 16.2. The van der Waals surface area contributed by atoms with E-state index in [9.17, 15) is 0 Å². The van der Waals surface area contributed by atoms with Gasteiger partial charge in [0.1, 0.15) is 0 Å². The maximum atomic E-state index is 5.56. The first-order valence-electron chi connectivity index (χ1n) is 9.13. The van der Waals surface area contributed by atoms with Gasteiger partial charge in [0, 0.05) is 56.1 Å². The van der Waals surface area contributed by atoms with E-state index in [1.165, 1.54) is 48.8 Å². The molecule has 2 aliphatic heterocycles. The number of hydrogen-bond acceptors (Lipinski definition) is 5. The molecule has 5 heteroatoms. The van der Waals surface area contributed by atoms with Crippen molar-refractivity contribution in [1.82, 2.24) is 9.80 Å². The highest BCUT2D eigenvalue weighted by Gasteiger charge is 2.47. The number of methoxy groups -OCH3 is 2. The second-order valence-electron chi connectivity index (χ2n) is 7.53. The Hall–Kier alpha value is -0.460. The first-order valence-corrected chi connectivity index (χ1v) is 9.95. The van der Waals surface area contributed by atoms with Crippen molar-refractivity contribution in [2.24, 2.45) is 11.3 Å². The van der Waals surface area contributed by atoms with E-state index in [0.29, 0.717) is 11.3 Å². The van der Waals surface area contributed by atoms with Gasteiger partial charge < -0.3 is 14.4 Å². The SMILES string of the molecule is COCCN1C[C@H](COC)C2(CCN(Cc3ccc(C)s3)CC2)C1. The molecule has 2 saturated heterocycles. The van der Waals surface area contributed by atoms with Crippen LogP contribution in [0.5, 0.6) is 0 Å². The lowest BCUT2D eigenvalue weighted by molar-refractivity contribution is 0.0351. The number of piperidine rings is 1. The van der Waals surface area contributed by atoms with Crippen LogP contribution in [0.25, 0.3) is 0 Å². The van der Waals surface area contributed by atoms with Crippen LogP contribution in [-0.2, 0) is 16.0 Å². The average molecular weight is 353 g/mol. The fourth-order valence-corrected chi connectivity index (χ4v) is 5.41. The van der Waals surface area contributed by atoms with Gasteiger partial charge in [0.15, 0.2) is 0 Å². The third-order valence-electron chi connectivity index (χ3n) is 5.89. The normalized spacial score (nSPS) is 24.9. The summed E-state index contributed by atoms with van der Waals surface area (Å²) in [5.41, 5.74) is 0.450. The third kappa shape index (κ3) is 4.20. The maximum absolute atomic E-state index is 5.56. The van der Waals surface area contributed by atoms with Gasteiger partial charge in [0.25, 0.3) is 0 Å². The Morgan fingerprint density at radius 3 is 2.58 bits per heavy atom. The monoisotopic (exact) mass is 352 g/mol. The first kappa shape index (κ1) is 18.3. The molecular weight excluding hydrogens is 320 g/mol. The van der Waals surface area contributed by atoms with Crippen LogP contribution in [0, 0.1) is 18.3 Å². The van der Waals surface area contributed by atoms with Gasteiger partial charge in [-0.2, -0.15) is 0 Å². The fourth-order valence-electron chi connectivity index (χ4n) is 4.48. The second kappa shape index (κ2) is 8.28. The van der Waals surface area contributed by atoms with Crippen LogP contribution in [0.2, 0.25) is 0 Å². The topological polar surface area (TPSA) is 24.9 Å². The van der Waals surface area contributed by atoms with Crippen LogP contribution in [0.3, 0.4) is 0 Å². The number of aryl methyl sites for hydroxylation is 1. The first-order chi connectivity index (χ1) is 11.6. The van der Waals surface area contributed by atoms with Gasteiger partial charge in [-0.15, -0.1) is 11.3 Å². The minimum absolute atomic E-state index is 0.450. The molecule has 3 heterocycles. The van der Waals surface area contributed by atoms with Crippen molar-refractivity contribution >= 4 is 11.3 Å². The summed E-state index contributed by atoms with van der Waals surface area (Å²) in [4.78, 5) is 8.15. The van der Waals surface area contributed by atoms with Crippen molar-refractivity contribution in [2.75, 3.05) is 60.2 Å². The standard InChI is InChI=1S/C19H32N2O2S/c1-16-4-5-18(24-16)13-20-8-6-19(7-9-20)15-21(10-11-22-2)12-17(19)14-23-3/h4-5,17H,6-15H2,1-3H3/t17-/m1/s1. The van der Waals surface area contributed by atoms with Crippen LogP contribution in [0.15, 0.2) is 12.1 Å². The third-order valence-corrected chi connectivity index (χ3v) is 6.88. The lowest BCUT2D eigenvalue weighted by atomic mass is 9.71. The van der Waals surface area contributed by atoms with Gasteiger partial charge in [0.05, 0.1) is 13.2 Å². The summed E-state index contributed by atoms with van der Waals surface area (Å²) < 4.78 is 10.8. The van der Waals surface area contributed by atoms with E-state index in [1.807, 2.05) is 18.4 Å². The van der Waals surface area contributed by atoms with Crippen molar-refractivity contribution in [3.63, 3.8) is 0 Å². The van der Waals surface area contributed by atoms with Gasteiger partial charge in [-0.3, -0.25) is 4.90 Å². The minimum Gasteiger partial charge on any atom is -0.384 e. The summed E-state index contributed by atoms with van der Waals surface area (Å²) in [6.07, 6.45) is 2.60. The predicted octanol–water partition coefficient (Wildman–Crippen LogP) is 2.86. The molecule has 0 bridgehead atoms.